The summed E-state index contributed by atoms with van der Waals surface area (Å²) in [5, 5.41) is 12.7. The zero-order chi connectivity index (χ0) is 17.0. The van der Waals surface area contributed by atoms with Crippen LogP contribution in [0.3, 0.4) is 0 Å². The van der Waals surface area contributed by atoms with Crippen molar-refractivity contribution >= 4 is 11.6 Å². The first-order valence-electron chi connectivity index (χ1n) is 7.54. The minimum absolute atomic E-state index is 0.0577. The number of ether oxygens (including phenoxy) is 1. The number of carbonyl (C=O) groups is 1. The molecule has 0 atom stereocenters. The van der Waals surface area contributed by atoms with E-state index >= 15 is 0 Å². The van der Waals surface area contributed by atoms with E-state index in [1.165, 1.54) is 0 Å². The minimum atomic E-state index is -0.254. The second kappa shape index (κ2) is 6.84. The molecule has 1 amide bonds. The Kier molecular flexibility index (Phi) is 5.06. The molecule has 0 radical (unpaired) electrons. The van der Waals surface area contributed by atoms with E-state index in [1.807, 2.05) is 24.3 Å². The maximum Gasteiger partial charge on any atom is 0.255 e. The molecule has 0 bridgehead atoms. The first-order valence-corrected chi connectivity index (χ1v) is 7.54. The Hall–Kier alpha value is -2.33. The van der Waals surface area contributed by atoms with Gasteiger partial charge in [0.1, 0.15) is 5.75 Å². The van der Waals surface area contributed by atoms with Crippen molar-refractivity contribution in [3.63, 3.8) is 0 Å². The highest BCUT2D eigenvalue weighted by molar-refractivity contribution is 6.05. The van der Waals surface area contributed by atoms with Crippen LogP contribution < -0.4 is 5.32 Å². The molecule has 0 aliphatic rings. The summed E-state index contributed by atoms with van der Waals surface area (Å²) in [6, 6.07) is 12.5. The highest BCUT2D eigenvalue weighted by Crippen LogP contribution is 2.31. The van der Waals surface area contributed by atoms with Crippen LogP contribution in [0.4, 0.5) is 5.69 Å². The van der Waals surface area contributed by atoms with Crippen LogP contribution in [0.15, 0.2) is 42.5 Å². The van der Waals surface area contributed by atoms with Crippen LogP contribution in [-0.2, 0) is 16.8 Å². The molecule has 0 saturated heterocycles. The van der Waals surface area contributed by atoms with Crippen LogP contribution in [-0.4, -0.2) is 18.1 Å². The number of nitrogens with one attached hydrogen (secondary N) is 1. The summed E-state index contributed by atoms with van der Waals surface area (Å²) in [5.41, 5.74) is 2.94. The van der Waals surface area contributed by atoms with Crippen molar-refractivity contribution in [2.45, 2.75) is 32.8 Å². The SMILES string of the molecule is COCc1ccc(C(=O)Nc2cc(C(C)(C)C)ccc2O)cc1. The minimum Gasteiger partial charge on any atom is -0.506 e. The zero-order valence-corrected chi connectivity index (χ0v) is 14.0. The molecule has 4 nitrogen and oxygen atoms in total. The highest BCUT2D eigenvalue weighted by Gasteiger charge is 2.16. The summed E-state index contributed by atoms with van der Waals surface area (Å²) in [5.74, 6) is -0.197. The molecule has 4 heteroatoms. The lowest BCUT2D eigenvalue weighted by Gasteiger charge is -2.20. The highest BCUT2D eigenvalue weighted by atomic mass is 16.5. The van der Waals surface area contributed by atoms with E-state index in [4.69, 9.17) is 4.74 Å². The van der Waals surface area contributed by atoms with E-state index in [-0.39, 0.29) is 17.1 Å². The van der Waals surface area contributed by atoms with Crippen LogP contribution in [0.5, 0.6) is 5.75 Å². The molecule has 0 aliphatic carbocycles. The number of methoxy groups -OCH3 is 1. The summed E-state index contributed by atoms with van der Waals surface area (Å²) in [6.07, 6.45) is 0. The van der Waals surface area contributed by atoms with Gasteiger partial charge in [-0.1, -0.05) is 39.0 Å². The van der Waals surface area contributed by atoms with Crippen molar-refractivity contribution < 1.29 is 14.6 Å². The fraction of sp³-hybridized carbons (Fsp3) is 0.316. The van der Waals surface area contributed by atoms with E-state index in [0.717, 1.165) is 11.1 Å². The summed E-state index contributed by atoms with van der Waals surface area (Å²) in [4.78, 5) is 12.3. The van der Waals surface area contributed by atoms with Gasteiger partial charge in [0.25, 0.3) is 5.91 Å². The quantitative estimate of drug-likeness (QED) is 0.836. The molecule has 0 aromatic heterocycles. The zero-order valence-electron chi connectivity index (χ0n) is 14.0. The summed E-state index contributed by atoms with van der Waals surface area (Å²) in [7, 11) is 1.63. The van der Waals surface area contributed by atoms with Gasteiger partial charge in [0.05, 0.1) is 12.3 Å². The number of amides is 1. The second-order valence-corrected chi connectivity index (χ2v) is 6.57. The molecule has 0 saturated carbocycles. The smallest absolute Gasteiger partial charge is 0.255 e. The van der Waals surface area contributed by atoms with E-state index in [1.54, 1.807) is 25.3 Å². The molecule has 122 valence electrons. The van der Waals surface area contributed by atoms with Crippen molar-refractivity contribution in [1.82, 2.24) is 0 Å². The maximum absolute atomic E-state index is 12.3. The van der Waals surface area contributed by atoms with E-state index < -0.39 is 0 Å². The average Bonchev–Trinajstić information content (AvgIpc) is 2.49. The van der Waals surface area contributed by atoms with E-state index in [0.29, 0.717) is 17.9 Å². The summed E-state index contributed by atoms with van der Waals surface area (Å²) in [6.45, 7) is 6.76. The largest absolute Gasteiger partial charge is 0.506 e. The molecule has 0 spiro atoms. The monoisotopic (exact) mass is 313 g/mol. The van der Waals surface area contributed by atoms with Gasteiger partial charge in [0.15, 0.2) is 0 Å². The number of phenolic OH excluding ortho intramolecular Hbond substituents is 1. The normalized spacial score (nSPS) is 11.3. The third-order valence-electron chi connectivity index (χ3n) is 3.64. The number of benzene rings is 2. The molecule has 0 heterocycles. The Labute approximate surface area is 137 Å². The number of hydrogen-bond acceptors (Lipinski definition) is 3. The molecule has 0 aliphatic heterocycles. The molecule has 2 N–H and O–H groups in total. The van der Waals surface area contributed by atoms with Crippen LogP contribution >= 0.6 is 0 Å². The molecule has 2 rings (SSSR count). The number of rotatable bonds is 4. The van der Waals surface area contributed by atoms with Gasteiger partial charge in [-0.15, -0.1) is 0 Å². The van der Waals surface area contributed by atoms with E-state index in [2.05, 4.69) is 26.1 Å². The molecule has 0 fully saturated rings. The predicted molar refractivity (Wildman–Crippen MR) is 91.9 cm³/mol. The van der Waals surface area contributed by atoms with Gasteiger partial charge in [-0.2, -0.15) is 0 Å². The van der Waals surface area contributed by atoms with Crippen molar-refractivity contribution in [1.29, 1.82) is 0 Å². The van der Waals surface area contributed by atoms with Gasteiger partial charge < -0.3 is 15.2 Å². The van der Waals surface area contributed by atoms with Crippen molar-refractivity contribution in [3.05, 3.63) is 59.2 Å². The van der Waals surface area contributed by atoms with Crippen LogP contribution in [0, 0.1) is 0 Å². The lowest BCUT2D eigenvalue weighted by atomic mass is 9.87. The average molecular weight is 313 g/mol. The Morgan fingerprint density at radius 1 is 1.13 bits per heavy atom. The van der Waals surface area contributed by atoms with Gasteiger partial charge in [0.2, 0.25) is 0 Å². The van der Waals surface area contributed by atoms with Crippen molar-refractivity contribution in [2.24, 2.45) is 0 Å². The fourth-order valence-corrected chi connectivity index (χ4v) is 2.22. The molecule has 0 unspecified atom stereocenters. The fourth-order valence-electron chi connectivity index (χ4n) is 2.22. The van der Waals surface area contributed by atoms with Crippen molar-refractivity contribution in [3.8, 4) is 5.75 Å². The Morgan fingerprint density at radius 3 is 2.35 bits per heavy atom. The van der Waals surface area contributed by atoms with Crippen LogP contribution in [0.2, 0.25) is 0 Å². The number of hydrogen-bond donors (Lipinski definition) is 2. The number of carbonyl (C=O) groups excluding carboxylic acids is 1. The maximum atomic E-state index is 12.3. The van der Waals surface area contributed by atoms with E-state index in [9.17, 15) is 9.90 Å². The van der Waals surface area contributed by atoms with Crippen LogP contribution in [0.1, 0.15) is 42.3 Å². The lowest BCUT2D eigenvalue weighted by molar-refractivity contribution is 0.102. The third-order valence-corrected chi connectivity index (χ3v) is 3.64. The number of aromatic hydroxyl groups is 1. The van der Waals surface area contributed by atoms with Gasteiger partial charge in [-0.05, 0) is 40.8 Å². The first-order chi connectivity index (χ1) is 10.8. The molecular weight excluding hydrogens is 290 g/mol. The van der Waals surface area contributed by atoms with Gasteiger partial charge in [0, 0.05) is 12.7 Å². The Morgan fingerprint density at radius 2 is 1.78 bits per heavy atom. The Bertz CT molecular complexity index is 685. The Balaban J connectivity index is 2.19. The van der Waals surface area contributed by atoms with Gasteiger partial charge in [-0.3, -0.25) is 4.79 Å². The first kappa shape index (κ1) is 17.0. The molecule has 2 aromatic rings. The second-order valence-electron chi connectivity index (χ2n) is 6.57. The van der Waals surface area contributed by atoms with Crippen LogP contribution in [0.25, 0.3) is 0 Å². The standard InChI is InChI=1S/C19H23NO3/c1-19(2,3)15-9-10-17(21)16(11-15)20-18(22)14-7-5-13(6-8-14)12-23-4/h5-11,21H,12H2,1-4H3,(H,20,22). The van der Waals surface area contributed by atoms with Gasteiger partial charge >= 0.3 is 0 Å². The summed E-state index contributed by atoms with van der Waals surface area (Å²) >= 11 is 0. The van der Waals surface area contributed by atoms with Gasteiger partial charge in [-0.25, -0.2) is 0 Å². The number of phenols is 1. The number of anilines is 1. The third kappa shape index (κ3) is 4.33. The van der Waals surface area contributed by atoms with Crippen molar-refractivity contribution in [2.75, 3.05) is 12.4 Å². The predicted octanol–water partition coefficient (Wildman–Crippen LogP) is 4.09. The summed E-state index contributed by atoms with van der Waals surface area (Å²) < 4.78 is 5.05. The topological polar surface area (TPSA) is 58.6 Å². The lowest BCUT2D eigenvalue weighted by Crippen LogP contribution is -2.15. The molecule has 23 heavy (non-hydrogen) atoms. The molecular formula is C19H23NO3. The molecule has 2 aromatic carbocycles.